The molecule has 0 fully saturated rings. The zero-order valence-electron chi connectivity index (χ0n) is 20.9. The van der Waals surface area contributed by atoms with Gasteiger partial charge >= 0.3 is 0 Å². The molecule has 36 heavy (non-hydrogen) atoms. The number of nitrogens with one attached hydrogen (secondary N) is 1. The first-order valence-corrected chi connectivity index (χ1v) is 12.6. The Kier molecular flexibility index (Phi) is 8.34. The first-order valence-electron chi connectivity index (χ1n) is 12.6. The van der Waals surface area contributed by atoms with Crippen LogP contribution < -0.4 is 5.32 Å². The molecule has 0 aliphatic heterocycles. The number of aliphatic hydroxyl groups excluding tert-OH is 1. The van der Waals surface area contributed by atoms with Crippen molar-refractivity contribution in [2.24, 2.45) is 0 Å². The van der Waals surface area contributed by atoms with Gasteiger partial charge in [-0.25, -0.2) is 4.39 Å². The Hall–Kier alpha value is -3.70. The van der Waals surface area contributed by atoms with Crippen molar-refractivity contribution >= 4 is 11.6 Å². The number of halogens is 1. The number of aliphatic hydroxyl groups is 1. The van der Waals surface area contributed by atoms with Crippen LogP contribution >= 0.6 is 0 Å². The summed E-state index contributed by atoms with van der Waals surface area (Å²) in [5, 5.41) is 12.4. The van der Waals surface area contributed by atoms with Gasteiger partial charge in [0.25, 0.3) is 5.91 Å². The minimum Gasteiger partial charge on any atom is -0.396 e. The second-order valence-electron chi connectivity index (χ2n) is 9.27. The molecule has 0 bridgehead atoms. The number of benzene rings is 3. The van der Waals surface area contributed by atoms with E-state index in [0.29, 0.717) is 12.1 Å². The molecule has 3 aromatic carbocycles. The molecule has 0 atom stereocenters. The quantitative estimate of drug-likeness (QED) is 0.229. The smallest absolute Gasteiger partial charge is 0.258 e. The van der Waals surface area contributed by atoms with E-state index in [9.17, 15) is 14.3 Å². The van der Waals surface area contributed by atoms with Crippen molar-refractivity contribution < 1.29 is 14.3 Å². The van der Waals surface area contributed by atoms with Crippen LogP contribution in [0, 0.1) is 5.82 Å². The number of para-hydroxylation sites is 1. The fraction of sp³-hybridized carbons (Fsp3) is 0.258. The van der Waals surface area contributed by atoms with E-state index < -0.39 is 0 Å². The van der Waals surface area contributed by atoms with Gasteiger partial charge in [0.2, 0.25) is 0 Å². The van der Waals surface area contributed by atoms with Gasteiger partial charge in [0, 0.05) is 30.1 Å². The maximum absolute atomic E-state index is 13.9. The lowest BCUT2D eigenvalue weighted by molar-refractivity contribution is 0.102. The van der Waals surface area contributed by atoms with Crippen LogP contribution in [-0.4, -0.2) is 22.2 Å². The van der Waals surface area contributed by atoms with Crippen molar-refractivity contribution in [2.45, 2.75) is 45.6 Å². The zero-order valence-corrected chi connectivity index (χ0v) is 20.9. The van der Waals surface area contributed by atoms with E-state index in [0.717, 1.165) is 53.0 Å². The van der Waals surface area contributed by atoms with Crippen LogP contribution in [0.3, 0.4) is 0 Å². The Morgan fingerprint density at radius 1 is 0.861 bits per heavy atom. The Labute approximate surface area is 212 Å². The van der Waals surface area contributed by atoms with Gasteiger partial charge in [-0.15, -0.1) is 0 Å². The largest absolute Gasteiger partial charge is 0.396 e. The molecule has 2 N–H and O–H groups in total. The molecule has 1 aromatic heterocycles. The van der Waals surface area contributed by atoms with E-state index in [1.807, 2.05) is 60.7 Å². The second kappa shape index (κ2) is 11.8. The van der Waals surface area contributed by atoms with Gasteiger partial charge in [-0.2, -0.15) is 0 Å². The predicted molar refractivity (Wildman–Crippen MR) is 145 cm³/mol. The Balaban J connectivity index is 1.98. The van der Waals surface area contributed by atoms with E-state index in [1.165, 1.54) is 12.1 Å². The third kappa shape index (κ3) is 5.58. The van der Waals surface area contributed by atoms with Crippen LogP contribution in [0.1, 0.15) is 55.1 Å². The summed E-state index contributed by atoms with van der Waals surface area (Å²) in [4.78, 5) is 13.9. The van der Waals surface area contributed by atoms with E-state index >= 15 is 0 Å². The van der Waals surface area contributed by atoms with Crippen LogP contribution in [0.5, 0.6) is 0 Å². The molecule has 1 amide bonds. The summed E-state index contributed by atoms with van der Waals surface area (Å²) >= 11 is 0. The number of rotatable bonds is 10. The number of carbonyl (C=O) groups is 1. The average molecular weight is 485 g/mol. The number of aromatic nitrogens is 1. The minimum atomic E-state index is -0.299. The highest BCUT2D eigenvalue weighted by atomic mass is 19.1. The molecule has 1 heterocycles. The van der Waals surface area contributed by atoms with Crippen molar-refractivity contribution in [2.75, 3.05) is 11.9 Å². The molecule has 4 aromatic rings. The number of carbonyl (C=O) groups excluding carboxylic acids is 1. The van der Waals surface area contributed by atoms with Crippen LogP contribution in [0.2, 0.25) is 0 Å². The molecule has 4 nitrogen and oxygen atoms in total. The lowest BCUT2D eigenvalue weighted by Gasteiger charge is -2.17. The third-order valence-electron chi connectivity index (χ3n) is 6.33. The molecule has 4 rings (SSSR count). The molecule has 0 radical (unpaired) electrons. The first-order chi connectivity index (χ1) is 17.5. The third-order valence-corrected chi connectivity index (χ3v) is 6.33. The Morgan fingerprint density at radius 3 is 2.11 bits per heavy atom. The number of anilines is 1. The fourth-order valence-electron chi connectivity index (χ4n) is 4.77. The maximum Gasteiger partial charge on any atom is 0.258 e. The normalized spacial score (nSPS) is 11.1. The highest BCUT2D eigenvalue weighted by Crippen LogP contribution is 2.42. The predicted octanol–water partition coefficient (Wildman–Crippen LogP) is 7.50. The standard InChI is InChI=1S/C31H33FN2O2/c1-22(2)29-28(31(36)33-26-14-8-4-9-15-26)27(23-12-6-3-7-13-23)30(24-16-18-25(32)19-17-24)34(29)20-10-5-11-21-35/h3-4,6-9,12-19,22,35H,5,10-11,20-21H2,1-2H3,(H,33,36). The molecule has 0 saturated carbocycles. The molecular formula is C31H33FN2O2. The summed E-state index contributed by atoms with van der Waals surface area (Å²) in [6, 6.07) is 25.9. The van der Waals surface area contributed by atoms with Crippen molar-refractivity contribution in [3.63, 3.8) is 0 Å². The zero-order chi connectivity index (χ0) is 25.5. The van der Waals surface area contributed by atoms with Crippen molar-refractivity contribution in [1.82, 2.24) is 4.57 Å². The van der Waals surface area contributed by atoms with E-state index in [1.54, 1.807) is 12.1 Å². The number of hydrogen-bond donors (Lipinski definition) is 2. The number of nitrogens with zero attached hydrogens (tertiary/aromatic N) is 1. The summed E-state index contributed by atoms with van der Waals surface area (Å²) < 4.78 is 16.1. The van der Waals surface area contributed by atoms with E-state index in [-0.39, 0.29) is 24.2 Å². The summed E-state index contributed by atoms with van der Waals surface area (Å²) in [7, 11) is 0. The van der Waals surface area contributed by atoms with Gasteiger partial charge in [-0.1, -0.05) is 62.4 Å². The maximum atomic E-state index is 13.9. The number of unbranched alkanes of at least 4 members (excludes halogenated alkanes) is 2. The Morgan fingerprint density at radius 2 is 1.50 bits per heavy atom. The SMILES string of the molecule is CC(C)c1c(C(=O)Nc2ccccc2)c(-c2ccccc2)c(-c2ccc(F)cc2)n1CCCCCO. The lowest BCUT2D eigenvalue weighted by atomic mass is 9.94. The molecule has 0 aliphatic carbocycles. The van der Waals surface area contributed by atoms with E-state index in [4.69, 9.17) is 0 Å². The fourth-order valence-corrected chi connectivity index (χ4v) is 4.77. The molecule has 0 saturated heterocycles. The average Bonchev–Trinajstić information content (AvgIpc) is 3.24. The number of hydrogen-bond acceptors (Lipinski definition) is 2. The van der Waals surface area contributed by atoms with Crippen molar-refractivity contribution in [3.05, 3.63) is 102 Å². The van der Waals surface area contributed by atoms with Crippen LogP contribution in [0.25, 0.3) is 22.4 Å². The second-order valence-corrected chi connectivity index (χ2v) is 9.27. The van der Waals surface area contributed by atoms with Crippen LogP contribution in [0.4, 0.5) is 10.1 Å². The van der Waals surface area contributed by atoms with Crippen LogP contribution in [-0.2, 0) is 6.54 Å². The summed E-state index contributed by atoms with van der Waals surface area (Å²) in [5.41, 5.74) is 5.88. The van der Waals surface area contributed by atoms with Gasteiger partial charge in [0.15, 0.2) is 0 Å². The molecule has 5 heteroatoms. The monoisotopic (exact) mass is 484 g/mol. The highest BCUT2D eigenvalue weighted by molar-refractivity contribution is 6.12. The molecular weight excluding hydrogens is 451 g/mol. The lowest BCUT2D eigenvalue weighted by Crippen LogP contribution is -2.16. The van der Waals surface area contributed by atoms with Crippen molar-refractivity contribution in [1.29, 1.82) is 0 Å². The van der Waals surface area contributed by atoms with Gasteiger partial charge < -0.3 is 15.0 Å². The molecule has 186 valence electrons. The molecule has 0 aliphatic rings. The summed E-state index contributed by atoms with van der Waals surface area (Å²) in [5.74, 6) is -0.399. The van der Waals surface area contributed by atoms with Crippen molar-refractivity contribution in [3.8, 4) is 22.4 Å². The number of amides is 1. The minimum absolute atomic E-state index is 0.0658. The summed E-state index contributed by atoms with van der Waals surface area (Å²) in [6.07, 6.45) is 2.47. The van der Waals surface area contributed by atoms with Gasteiger partial charge in [-0.3, -0.25) is 4.79 Å². The van der Waals surface area contributed by atoms with Crippen LogP contribution in [0.15, 0.2) is 84.9 Å². The van der Waals surface area contributed by atoms with Gasteiger partial charge in [-0.05, 0) is 72.7 Å². The van der Waals surface area contributed by atoms with E-state index in [2.05, 4.69) is 23.7 Å². The Bertz CT molecular complexity index is 1280. The van der Waals surface area contributed by atoms with Gasteiger partial charge in [0.05, 0.1) is 11.3 Å². The highest BCUT2D eigenvalue weighted by Gasteiger charge is 2.30. The summed E-state index contributed by atoms with van der Waals surface area (Å²) in [6.45, 7) is 5.05. The van der Waals surface area contributed by atoms with Gasteiger partial charge in [0.1, 0.15) is 5.82 Å². The topological polar surface area (TPSA) is 54.3 Å². The molecule has 0 spiro atoms. The molecule has 0 unspecified atom stereocenters. The first kappa shape index (κ1) is 25.4.